The zero-order chi connectivity index (χ0) is 18.5. The fourth-order valence-corrected chi connectivity index (χ4v) is 2.88. The van der Waals surface area contributed by atoms with Gasteiger partial charge in [0.1, 0.15) is 0 Å². The number of benzene rings is 1. The Bertz CT molecular complexity index is 1040. The number of carbonyl (C=O) groups is 1. The molecule has 1 N–H and O–H groups in total. The molecule has 0 aliphatic carbocycles. The zero-order valence-corrected chi connectivity index (χ0v) is 14.6. The first kappa shape index (κ1) is 17.4. The minimum Gasteiger partial charge on any atom is -0.466 e. The molecule has 0 amide bonds. The van der Waals surface area contributed by atoms with Crippen LogP contribution in [-0.2, 0) is 9.53 Å². The summed E-state index contributed by atoms with van der Waals surface area (Å²) >= 11 is 0. The molecular weight excluding hydrogens is 332 g/mol. The van der Waals surface area contributed by atoms with Gasteiger partial charge in [-0.25, -0.2) is 9.78 Å². The summed E-state index contributed by atoms with van der Waals surface area (Å²) in [6.07, 6.45) is 0.0300. The van der Waals surface area contributed by atoms with E-state index in [1.54, 1.807) is 26.1 Å². The molecule has 0 spiro atoms. The third-order valence-corrected chi connectivity index (χ3v) is 3.95. The number of hydrogen-bond donors (Lipinski definition) is 1. The van der Waals surface area contributed by atoms with Crippen LogP contribution in [0.5, 0.6) is 0 Å². The topological polar surface area (TPSA) is 81.3 Å². The molecule has 132 valence electrons. The summed E-state index contributed by atoms with van der Waals surface area (Å²) < 4.78 is 6.58. The molecule has 0 radical (unpaired) electrons. The van der Waals surface area contributed by atoms with Gasteiger partial charge in [-0.05, 0) is 24.6 Å². The van der Waals surface area contributed by atoms with E-state index in [1.165, 1.54) is 4.57 Å². The molecule has 0 fully saturated rings. The average Bonchev–Trinajstić information content (AvgIpc) is 2.96. The van der Waals surface area contributed by atoms with Crippen molar-refractivity contribution >= 4 is 17.1 Å². The first-order valence-corrected chi connectivity index (χ1v) is 8.30. The second-order valence-electron chi connectivity index (χ2n) is 5.64. The van der Waals surface area contributed by atoms with Crippen molar-refractivity contribution in [2.24, 2.45) is 0 Å². The molecule has 1 unspecified atom stereocenters. The Morgan fingerprint density at radius 2 is 2.08 bits per heavy atom. The largest absolute Gasteiger partial charge is 0.466 e. The van der Waals surface area contributed by atoms with E-state index >= 15 is 0 Å². The van der Waals surface area contributed by atoms with Gasteiger partial charge in [-0.2, -0.15) is 0 Å². The first-order chi connectivity index (χ1) is 12.6. The number of rotatable bonds is 5. The van der Waals surface area contributed by atoms with E-state index in [4.69, 9.17) is 4.74 Å². The van der Waals surface area contributed by atoms with E-state index in [9.17, 15) is 9.59 Å². The van der Waals surface area contributed by atoms with Crippen molar-refractivity contribution in [3.05, 3.63) is 69.1 Å². The molecule has 7 heteroatoms. The summed E-state index contributed by atoms with van der Waals surface area (Å²) in [6, 6.07) is 15.1. The Kier molecular flexibility index (Phi) is 5.13. The lowest BCUT2D eigenvalue weighted by atomic mass is 10.0. The smallest absolute Gasteiger partial charge is 0.331 e. The van der Waals surface area contributed by atoms with Crippen molar-refractivity contribution in [1.82, 2.24) is 14.5 Å². The van der Waals surface area contributed by atoms with Gasteiger partial charge in [0.25, 0.3) is 7.05 Å². The van der Waals surface area contributed by atoms with Gasteiger partial charge in [-0.15, -0.1) is 0 Å². The van der Waals surface area contributed by atoms with Gasteiger partial charge in [0.2, 0.25) is 0 Å². The third kappa shape index (κ3) is 3.49. The van der Waals surface area contributed by atoms with Gasteiger partial charge in [0, 0.05) is 0 Å². The molecule has 0 saturated carbocycles. The lowest BCUT2D eigenvalue weighted by Crippen LogP contribution is -2.26. The molecule has 2 heterocycles. The summed E-state index contributed by atoms with van der Waals surface area (Å²) in [5.41, 5.74) is 2.03. The Morgan fingerprint density at radius 1 is 1.31 bits per heavy atom. The van der Waals surface area contributed by atoms with Crippen molar-refractivity contribution in [1.29, 1.82) is 0 Å². The maximum atomic E-state index is 12.6. The van der Waals surface area contributed by atoms with Gasteiger partial charge in [0.15, 0.2) is 11.3 Å². The molecule has 3 aromatic rings. The summed E-state index contributed by atoms with van der Waals surface area (Å²) in [5.74, 6) is -0.375. The number of nitrogens with one attached hydrogen (secondary N) is 1. The highest BCUT2D eigenvalue weighted by molar-refractivity contribution is 5.74. The predicted octanol–water partition coefficient (Wildman–Crippen LogP) is 2.58. The number of nitrogens with zero attached hydrogens (tertiary/aromatic N) is 3. The average molecular weight is 351 g/mol. The quantitative estimate of drug-likeness (QED) is 0.717. The first-order valence-electron chi connectivity index (χ1n) is 8.30. The summed E-state index contributed by atoms with van der Waals surface area (Å²) in [5, 5.41) is 0. The molecule has 1 atom stereocenters. The molecule has 26 heavy (non-hydrogen) atoms. The minimum atomic E-state index is -0.530. The summed E-state index contributed by atoms with van der Waals surface area (Å²) in [6.45, 7) is 2.04. The fourth-order valence-electron chi connectivity index (χ4n) is 2.88. The van der Waals surface area contributed by atoms with Gasteiger partial charge < -0.3 is 9.72 Å². The van der Waals surface area contributed by atoms with Crippen LogP contribution in [0.1, 0.15) is 30.6 Å². The Labute approximate surface area is 150 Å². The molecule has 2 aromatic heterocycles. The highest BCUT2D eigenvalue weighted by atomic mass is 16.5. The molecule has 0 aliphatic rings. The molecule has 0 aliphatic heterocycles. The van der Waals surface area contributed by atoms with Crippen LogP contribution in [0.4, 0.5) is 0 Å². The van der Waals surface area contributed by atoms with E-state index < -0.39 is 6.04 Å². The van der Waals surface area contributed by atoms with Crippen molar-refractivity contribution < 1.29 is 9.53 Å². The van der Waals surface area contributed by atoms with Gasteiger partial charge in [-0.1, -0.05) is 35.2 Å². The van der Waals surface area contributed by atoms with Crippen LogP contribution in [0.2, 0.25) is 0 Å². The maximum Gasteiger partial charge on any atom is 0.331 e. The number of ether oxygens (including phenoxy) is 1. The van der Waals surface area contributed by atoms with Gasteiger partial charge in [-0.3, -0.25) is 9.36 Å². The Hall–Kier alpha value is -3.40. The van der Waals surface area contributed by atoms with Crippen LogP contribution in [-0.4, -0.2) is 34.2 Å². The SMILES string of the molecule is CCOC(=O)CC(c1ccccc1)n1c(=O)[nH]c2ccc(C#[N+]C)nc21. The third-order valence-electron chi connectivity index (χ3n) is 3.95. The van der Waals surface area contributed by atoms with Crippen molar-refractivity contribution in [3.8, 4) is 6.07 Å². The number of imidazole rings is 1. The summed E-state index contributed by atoms with van der Waals surface area (Å²) in [4.78, 5) is 35.9. The number of hydrogen-bond acceptors (Lipinski definition) is 4. The molecule has 1 aromatic carbocycles. The van der Waals surface area contributed by atoms with Crippen LogP contribution in [0.3, 0.4) is 0 Å². The van der Waals surface area contributed by atoms with Crippen molar-refractivity contribution in [3.63, 3.8) is 0 Å². The number of aromatic nitrogens is 3. The van der Waals surface area contributed by atoms with Crippen LogP contribution in [0, 0.1) is 6.07 Å². The molecule has 3 rings (SSSR count). The monoisotopic (exact) mass is 351 g/mol. The van der Waals surface area contributed by atoms with E-state index in [0.29, 0.717) is 16.9 Å². The van der Waals surface area contributed by atoms with Crippen LogP contribution in [0.25, 0.3) is 16.0 Å². The lowest BCUT2D eigenvalue weighted by Gasteiger charge is -2.18. The second-order valence-corrected chi connectivity index (χ2v) is 5.64. The zero-order valence-electron chi connectivity index (χ0n) is 14.6. The van der Waals surface area contributed by atoms with E-state index in [1.807, 2.05) is 30.3 Å². The predicted molar refractivity (Wildman–Crippen MR) is 98.5 cm³/mol. The number of H-pyrrole nitrogens is 1. The van der Waals surface area contributed by atoms with Crippen LogP contribution >= 0.6 is 0 Å². The lowest BCUT2D eigenvalue weighted by molar-refractivity contribution is -0.143. The normalized spacial score (nSPS) is 11.6. The Balaban J connectivity index is 2.17. The fraction of sp³-hybridized carbons (Fsp3) is 0.263. The van der Waals surface area contributed by atoms with Crippen LogP contribution < -0.4 is 5.69 Å². The molecular formula is C19H19N4O3+. The second kappa shape index (κ2) is 7.66. The van der Waals surface area contributed by atoms with Crippen LogP contribution in [0.15, 0.2) is 47.3 Å². The van der Waals surface area contributed by atoms with Gasteiger partial charge in [0.05, 0.1) is 24.6 Å². The Morgan fingerprint density at radius 3 is 2.77 bits per heavy atom. The van der Waals surface area contributed by atoms with E-state index in [0.717, 1.165) is 5.56 Å². The molecule has 0 saturated heterocycles. The minimum absolute atomic E-state index is 0.0300. The number of fused-ring (bicyclic) bond motifs is 1. The van der Waals surface area contributed by atoms with Gasteiger partial charge >= 0.3 is 17.7 Å². The van der Waals surface area contributed by atoms with Crippen molar-refractivity contribution in [2.45, 2.75) is 19.4 Å². The highest BCUT2D eigenvalue weighted by Crippen LogP contribution is 2.24. The highest BCUT2D eigenvalue weighted by Gasteiger charge is 2.24. The molecule has 7 nitrogen and oxygen atoms in total. The van der Waals surface area contributed by atoms with E-state index in [2.05, 4.69) is 20.9 Å². The number of pyridine rings is 1. The number of esters is 1. The maximum absolute atomic E-state index is 12.6. The van der Waals surface area contributed by atoms with E-state index in [-0.39, 0.29) is 24.7 Å². The number of carbonyl (C=O) groups excluding carboxylic acids is 1. The van der Waals surface area contributed by atoms with Crippen molar-refractivity contribution in [2.75, 3.05) is 13.7 Å². The number of aromatic amines is 1. The molecule has 0 bridgehead atoms. The standard InChI is InChI=1S/C19H18N4O3/c1-3-26-17(24)11-16(13-7-5-4-6-8-13)23-18-15(22-19(23)25)10-9-14(21-18)12-20-2/h4-10,16H,3,11H2,1-2H3/p+1. The summed E-state index contributed by atoms with van der Waals surface area (Å²) in [7, 11) is 1.60.